The second kappa shape index (κ2) is 6.93. The summed E-state index contributed by atoms with van der Waals surface area (Å²) in [5.74, 6) is -0.852. The Morgan fingerprint density at radius 2 is 2.00 bits per heavy atom. The van der Waals surface area contributed by atoms with E-state index in [2.05, 4.69) is 5.32 Å². The fourth-order valence-electron chi connectivity index (χ4n) is 1.93. The van der Waals surface area contributed by atoms with Gasteiger partial charge in [0.05, 0.1) is 12.7 Å². The number of carbonyl (C=O) groups is 2. The van der Waals surface area contributed by atoms with Crippen LogP contribution in [0.4, 0.5) is 0 Å². The average Bonchev–Trinajstić information content (AvgIpc) is 2.37. The molecule has 0 aliphatic rings. The summed E-state index contributed by atoms with van der Waals surface area (Å²) in [6.45, 7) is 5.68. The summed E-state index contributed by atoms with van der Waals surface area (Å²) in [6.07, 6.45) is 0.384. The van der Waals surface area contributed by atoms with Gasteiger partial charge in [0.2, 0.25) is 0 Å². The molecule has 5 heteroatoms. The monoisotopic (exact) mass is 279 g/mol. The predicted octanol–water partition coefficient (Wildman–Crippen LogP) is 2.23. The molecule has 0 saturated heterocycles. The fourth-order valence-corrected chi connectivity index (χ4v) is 1.93. The van der Waals surface area contributed by atoms with Crippen molar-refractivity contribution in [2.24, 2.45) is 5.92 Å². The summed E-state index contributed by atoms with van der Waals surface area (Å²) >= 11 is 0. The Bertz CT molecular complexity index is 497. The lowest BCUT2D eigenvalue weighted by molar-refractivity contribution is -0.139. The van der Waals surface area contributed by atoms with Crippen LogP contribution in [-0.2, 0) is 4.79 Å². The largest absolute Gasteiger partial charge is 0.496 e. The van der Waals surface area contributed by atoms with E-state index < -0.39 is 17.9 Å². The molecule has 0 aliphatic heterocycles. The molecule has 1 aromatic carbocycles. The van der Waals surface area contributed by atoms with Crippen molar-refractivity contribution in [3.8, 4) is 5.75 Å². The summed E-state index contributed by atoms with van der Waals surface area (Å²) in [7, 11) is 1.48. The van der Waals surface area contributed by atoms with Gasteiger partial charge in [0.25, 0.3) is 5.91 Å². The van der Waals surface area contributed by atoms with E-state index in [1.807, 2.05) is 26.8 Å². The summed E-state index contributed by atoms with van der Waals surface area (Å²) in [5, 5.41) is 11.7. The Balaban J connectivity index is 2.94. The molecule has 0 radical (unpaired) electrons. The number of hydrogen-bond donors (Lipinski definition) is 2. The van der Waals surface area contributed by atoms with Crippen molar-refractivity contribution in [1.82, 2.24) is 5.32 Å². The molecular weight excluding hydrogens is 258 g/mol. The van der Waals surface area contributed by atoms with Crippen LogP contribution in [0.1, 0.15) is 36.2 Å². The quantitative estimate of drug-likeness (QED) is 0.837. The molecule has 1 amide bonds. The Kier molecular flexibility index (Phi) is 5.55. The summed E-state index contributed by atoms with van der Waals surface area (Å²) in [4.78, 5) is 23.4. The highest BCUT2D eigenvalue weighted by atomic mass is 16.5. The summed E-state index contributed by atoms with van der Waals surface area (Å²) < 4.78 is 5.14. The highest BCUT2D eigenvalue weighted by molar-refractivity contribution is 5.99. The van der Waals surface area contributed by atoms with E-state index in [4.69, 9.17) is 9.84 Å². The van der Waals surface area contributed by atoms with Crippen LogP contribution in [0.3, 0.4) is 0 Å². The standard InChI is InChI=1S/C15H21NO4/c1-9(2)7-12(15(18)19)16-14(17)11-8-10(3)5-6-13(11)20-4/h5-6,8-9,12H,7H2,1-4H3,(H,16,17)(H,18,19)/t12-/m1/s1. The number of aryl methyl sites for hydroxylation is 1. The topological polar surface area (TPSA) is 75.6 Å². The van der Waals surface area contributed by atoms with Crippen molar-refractivity contribution in [3.05, 3.63) is 29.3 Å². The number of rotatable bonds is 6. The third-order valence-corrected chi connectivity index (χ3v) is 2.91. The van der Waals surface area contributed by atoms with Gasteiger partial charge in [-0.2, -0.15) is 0 Å². The van der Waals surface area contributed by atoms with Crippen molar-refractivity contribution in [2.75, 3.05) is 7.11 Å². The van der Waals surface area contributed by atoms with Gasteiger partial charge in [0.15, 0.2) is 0 Å². The summed E-state index contributed by atoms with van der Waals surface area (Å²) in [6, 6.07) is 4.32. The number of methoxy groups -OCH3 is 1. The number of benzene rings is 1. The molecule has 1 aromatic rings. The SMILES string of the molecule is COc1ccc(C)cc1C(=O)N[C@H](CC(C)C)C(=O)O. The highest BCUT2D eigenvalue weighted by Gasteiger charge is 2.23. The molecule has 0 unspecified atom stereocenters. The Morgan fingerprint density at radius 3 is 2.50 bits per heavy atom. The number of amides is 1. The molecule has 110 valence electrons. The molecule has 20 heavy (non-hydrogen) atoms. The minimum Gasteiger partial charge on any atom is -0.496 e. The average molecular weight is 279 g/mol. The Labute approximate surface area is 118 Å². The molecular formula is C15H21NO4. The first-order valence-electron chi connectivity index (χ1n) is 6.53. The van der Waals surface area contributed by atoms with Crippen LogP contribution >= 0.6 is 0 Å². The third kappa shape index (κ3) is 4.26. The number of aliphatic carboxylic acids is 1. The molecule has 0 heterocycles. The number of hydrogen-bond acceptors (Lipinski definition) is 3. The van der Waals surface area contributed by atoms with Crippen LogP contribution in [0.2, 0.25) is 0 Å². The minimum atomic E-state index is -1.03. The maximum absolute atomic E-state index is 12.2. The van der Waals surface area contributed by atoms with Crippen LogP contribution < -0.4 is 10.1 Å². The van der Waals surface area contributed by atoms with Gasteiger partial charge in [0.1, 0.15) is 11.8 Å². The number of nitrogens with one attached hydrogen (secondary N) is 1. The predicted molar refractivity (Wildman–Crippen MR) is 76.1 cm³/mol. The Hall–Kier alpha value is -2.04. The lowest BCUT2D eigenvalue weighted by Gasteiger charge is -2.17. The minimum absolute atomic E-state index is 0.177. The molecule has 0 bridgehead atoms. The van der Waals surface area contributed by atoms with Crippen LogP contribution in [0.15, 0.2) is 18.2 Å². The van der Waals surface area contributed by atoms with Gasteiger partial charge in [-0.3, -0.25) is 4.79 Å². The molecule has 0 aliphatic carbocycles. The molecule has 2 N–H and O–H groups in total. The second-order valence-corrected chi connectivity index (χ2v) is 5.20. The van der Waals surface area contributed by atoms with E-state index in [1.54, 1.807) is 12.1 Å². The third-order valence-electron chi connectivity index (χ3n) is 2.91. The van der Waals surface area contributed by atoms with Crippen molar-refractivity contribution in [2.45, 2.75) is 33.2 Å². The summed E-state index contributed by atoms with van der Waals surface area (Å²) in [5.41, 5.74) is 1.26. The van der Waals surface area contributed by atoms with E-state index in [-0.39, 0.29) is 5.92 Å². The number of carbonyl (C=O) groups excluding carboxylic acids is 1. The number of ether oxygens (including phenoxy) is 1. The molecule has 5 nitrogen and oxygen atoms in total. The smallest absolute Gasteiger partial charge is 0.326 e. The zero-order valence-electron chi connectivity index (χ0n) is 12.3. The van der Waals surface area contributed by atoms with Crippen molar-refractivity contribution in [1.29, 1.82) is 0 Å². The zero-order chi connectivity index (χ0) is 15.3. The lowest BCUT2D eigenvalue weighted by atomic mass is 10.0. The maximum Gasteiger partial charge on any atom is 0.326 e. The van der Waals surface area contributed by atoms with Crippen LogP contribution in [0.25, 0.3) is 0 Å². The maximum atomic E-state index is 12.2. The molecule has 1 rings (SSSR count). The van der Waals surface area contributed by atoms with Crippen LogP contribution in [0, 0.1) is 12.8 Å². The first kappa shape index (κ1) is 16.0. The van der Waals surface area contributed by atoms with Crippen molar-refractivity contribution >= 4 is 11.9 Å². The van der Waals surface area contributed by atoms with E-state index in [0.717, 1.165) is 5.56 Å². The van der Waals surface area contributed by atoms with Gasteiger partial charge in [-0.15, -0.1) is 0 Å². The van der Waals surface area contributed by atoms with Gasteiger partial charge in [-0.05, 0) is 31.4 Å². The normalized spacial score (nSPS) is 12.1. The molecule has 0 fully saturated rings. The van der Waals surface area contributed by atoms with Crippen LogP contribution in [-0.4, -0.2) is 30.1 Å². The van der Waals surface area contributed by atoms with Gasteiger partial charge in [-0.1, -0.05) is 25.5 Å². The van der Waals surface area contributed by atoms with E-state index in [1.165, 1.54) is 7.11 Å². The number of carboxylic acid groups (broad SMARTS) is 1. The van der Waals surface area contributed by atoms with Crippen molar-refractivity contribution in [3.63, 3.8) is 0 Å². The first-order chi connectivity index (χ1) is 9.35. The van der Waals surface area contributed by atoms with E-state index in [0.29, 0.717) is 17.7 Å². The molecule has 0 aromatic heterocycles. The number of carboxylic acids is 1. The molecule has 0 saturated carbocycles. The lowest BCUT2D eigenvalue weighted by Crippen LogP contribution is -2.41. The van der Waals surface area contributed by atoms with Gasteiger partial charge in [-0.25, -0.2) is 4.79 Å². The van der Waals surface area contributed by atoms with Crippen molar-refractivity contribution < 1.29 is 19.4 Å². The van der Waals surface area contributed by atoms with Gasteiger partial charge >= 0.3 is 5.97 Å². The van der Waals surface area contributed by atoms with Crippen LogP contribution in [0.5, 0.6) is 5.75 Å². The second-order valence-electron chi connectivity index (χ2n) is 5.20. The molecule has 1 atom stereocenters. The van der Waals surface area contributed by atoms with Gasteiger partial charge < -0.3 is 15.2 Å². The highest BCUT2D eigenvalue weighted by Crippen LogP contribution is 2.20. The first-order valence-corrected chi connectivity index (χ1v) is 6.53. The zero-order valence-corrected chi connectivity index (χ0v) is 12.3. The Morgan fingerprint density at radius 1 is 1.35 bits per heavy atom. The fraction of sp³-hybridized carbons (Fsp3) is 0.467. The van der Waals surface area contributed by atoms with E-state index >= 15 is 0 Å². The van der Waals surface area contributed by atoms with E-state index in [9.17, 15) is 9.59 Å². The van der Waals surface area contributed by atoms with Gasteiger partial charge in [0, 0.05) is 0 Å². The molecule has 0 spiro atoms.